The SMILES string of the molecule is CCC(=O)Nc1ccc(-c2cc(C(=O)NCCC(C)C)c3ccccc3n2)cc1. The number of carbonyl (C=O) groups excluding carboxylic acids is 2. The van der Waals surface area contributed by atoms with Gasteiger partial charge in [-0.3, -0.25) is 9.59 Å². The fraction of sp³-hybridized carbons (Fsp3) is 0.292. The number of para-hydroxylation sites is 1. The lowest BCUT2D eigenvalue weighted by atomic mass is 10.0. The molecule has 0 atom stereocenters. The first kappa shape index (κ1) is 20.5. The first-order chi connectivity index (χ1) is 14.0. The van der Waals surface area contributed by atoms with Crippen LogP contribution in [0.4, 0.5) is 5.69 Å². The monoisotopic (exact) mass is 389 g/mol. The molecule has 0 unspecified atom stereocenters. The number of nitrogens with one attached hydrogen (secondary N) is 2. The predicted molar refractivity (Wildman–Crippen MR) is 118 cm³/mol. The van der Waals surface area contributed by atoms with Crippen LogP contribution >= 0.6 is 0 Å². The standard InChI is InChI=1S/C24H27N3O2/c1-4-23(28)26-18-11-9-17(10-12-18)22-15-20(24(29)25-14-13-16(2)3)19-7-5-6-8-21(19)27-22/h5-12,15-16H,4,13-14H2,1-3H3,(H,25,29)(H,26,28). The van der Waals surface area contributed by atoms with Crippen LogP contribution in [0.5, 0.6) is 0 Å². The molecular weight excluding hydrogens is 362 g/mol. The van der Waals surface area contributed by atoms with Crippen molar-refractivity contribution in [2.75, 3.05) is 11.9 Å². The van der Waals surface area contributed by atoms with E-state index in [1.165, 1.54) is 0 Å². The lowest BCUT2D eigenvalue weighted by Gasteiger charge is -2.12. The van der Waals surface area contributed by atoms with Gasteiger partial charge in [-0.25, -0.2) is 4.98 Å². The van der Waals surface area contributed by atoms with E-state index in [9.17, 15) is 9.59 Å². The van der Waals surface area contributed by atoms with Gasteiger partial charge in [0, 0.05) is 29.6 Å². The van der Waals surface area contributed by atoms with Crippen molar-refractivity contribution in [2.24, 2.45) is 5.92 Å². The van der Waals surface area contributed by atoms with E-state index in [1.54, 1.807) is 0 Å². The van der Waals surface area contributed by atoms with Gasteiger partial charge in [-0.1, -0.05) is 51.1 Å². The van der Waals surface area contributed by atoms with Gasteiger partial charge >= 0.3 is 0 Å². The fourth-order valence-corrected chi connectivity index (χ4v) is 3.05. The van der Waals surface area contributed by atoms with E-state index in [-0.39, 0.29) is 11.8 Å². The molecule has 1 heterocycles. The maximum atomic E-state index is 12.8. The van der Waals surface area contributed by atoms with Crippen LogP contribution in [0.25, 0.3) is 22.2 Å². The molecule has 0 saturated carbocycles. The second kappa shape index (κ2) is 9.32. The fourth-order valence-electron chi connectivity index (χ4n) is 3.05. The highest BCUT2D eigenvalue weighted by molar-refractivity contribution is 6.07. The van der Waals surface area contributed by atoms with E-state index in [4.69, 9.17) is 4.98 Å². The van der Waals surface area contributed by atoms with E-state index in [2.05, 4.69) is 24.5 Å². The Morgan fingerprint density at radius 3 is 2.45 bits per heavy atom. The second-order valence-corrected chi connectivity index (χ2v) is 7.49. The molecule has 0 radical (unpaired) electrons. The number of fused-ring (bicyclic) bond motifs is 1. The number of rotatable bonds is 7. The Hall–Kier alpha value is -3.21. The molecule has 2 N–H and O–H groups in total. The van der Waals surface area contributed by atoms with Gasteiger partial charge in [-0.15, -0.1) is 0 Å². The molecule has 0 fully saturated rings. The van der Waals surface area contributed by atoms with Gasteiger partial charge in [0.1, 0.15) is 0 Å². The highest BCUT2D eigenvalue weighted by atomic mass is 16.2. The van der Waals surface area contributed by atoms with Crippen LogP contribution in [0.1, 0.15) is 44.0 Å². The Morgan fingerprint density at radius 2 is 1.76 bits per heavy atom. The maximum Gasteiger partial charge on any atom is 0.252 e. The summed E-state index contributed by atoms with van der Waals surface area (Å²) in [7, 11) is 0. The smallest absolute Gasteiger partial charge is 0.252 e. The lowest BCUT2D eigenvalue weighted by molar-refractivity contribution is -0.115. The minimum Gasteiger partial charge on any atom is -0.352 e. The quantitative estimate of drug-likeness (QED) is 0.596. The van der Waals surface area contributed by atoms with E-state index >= 15 is 0 Å². The summed E-state index contributed by atoms with van der Waals surface area (Å²) in [6.07, 6.45) is 1.37. The van der Waals surface area contributed by atoms with Crippen LogP contribution in [0.2, 0.25) is 0 Å². The molecule has 3 aromatic rings. The Bertz CT molecular complexity index is 1010. The Balaban J connectivity index is 1.92. The number of hydrogen-bond donors (Lipinski definition) is 2. The van der Waals surface area contributed by atoms with Gasteiger partial charge in [0.05, 0.1) is 16.8 Å². The van der Waals surface area contributed by atoms with Gasteiger partial charge in [0.2, 0.25) is 5.91 Å². The molecule has 150 valence electrons. The topological polar surface area (TPSA) is 71.1 Å². The summed E-state index contributed by atoms with van der Waals surface area (Å²) < 4.78 is 0. The average molecular weight is 389 g/mol. The number of hydrogen-bond acceptors (Lipinski definition) is 3. The summed E-state index contributed by atoms with van der Waals surface area (Å²) in [5.41, 5.74) is 3.76. The van der Waals surface area contributed by atoms with Crippen LogP contribution in [0, 0.1) is 5.92 Å². The first-order valence-corrected chi connectivity index (χ1v) is 10.1. The van der Waals surface area contributed by atoms with Gasteiger partial charge in [0.15, 0.2) is 0 Å². The third-order valence-electron chi connectivity index (χ3n) is 4.75. The summed E-state index contributed by atoms with van der Waals surface area (Å²) in [6.45, 7) is 6.74. The Morgan fingerprint density at radius 1 is 1.03 bits per heavy atom. The minimum atomic E-state index is -0.0858. The summed E-state index contributed by atoms with van der Waals surface area (Å²) in [4.78, 5) is 29.1. The summed E-state index contributed by atoms with van der Waals surface area (Å²) in [5, 5.41) is 6.70. The Labute approximate surface area is 171 Å². The van der Waals surface area contributed by atoms with E-state index in [1.807, 2.05) is 61.5 Å². The largest absolute Gasteiger partial charge is 0.352 e. The summed E-state index contributed by atoms with van der Waals surface area (Å²) in [6, 6.07) is 17.0. The third kappa shape index (κ3) is 5.19. The molecule has 2 aromatic carbocycles. The van der Waals surface area contributed by atoms with Crippen molar-refractivity contribution in [1.82, 2.24) is 10.3 Å². The van der Waals surface area contributed by atoms with E-state index in [0.29, 0.717) is 24.4 Å². The van der Waals surface area contributed by atoms with Crippen molar-refractivity contribution in [3.8, 4) is 11.3 Å². The molecule has 1 aromatic heterocycles. The van der Waals surface area contributed by atoms with Crippen LogP contribution in [-0.2, 0) is 4.79 Å². The molecular formula is C24H27N3O2. The van der Waals surface area contributed by atoms with Crippen molar-refractivity contribution in [3.05, 3.63) is 60.2 Å². The number of anilines is 1. The molecule has 0 spiro atoms. The van der Waals surface area contributed by atoms with Crippen molar-refractivity contribution in [1.29, 1.82) is 0 Å². The van der Waals surface area contributed by atoms with E-state index in [0.717, 1.165) is 34.3 Å². The number of carbonyl (C=O) groups is 2. The van der Waals surface area contributed by atoms with Crippen molar-refractivity contribution in [2.45, 2.75) is 33.6 Å². The van der Waals surface area contributed by atoms with Crippen LogP contribution < -0.4 is 10.6 Å². The highest BCUT2D eigenvalue weighted by Gasteiger charge is 2.14. The second-order valence-electron chi connectivity index (χ2n) is 7.49. The predicted octanol–water partition coefficient (Wildman–Crippen LogP) is 5.03. The average Bonchev–Trinajstić information content (AvgIpc) is 2.73. The van der Waals surface area contributed by atoms with Crippen LogP contribution in [-0.4, -0.2) is 23.3 Å². The summed E-state index contributed by atoms with van der Waals surface area (Å²) in [5.74, 6) is 0.422. The molecule has 0 aliphatic carbocycles. The maximum absolute atomic E-state index is 12.8. The number of amides is 2. The molecule has 5 nitrogen and oxygen atoms in total. The molecule has 0 saturated heterocycles. The number of nitrogens with zero attached hydrogens (tertiary/aromatic N) is 1. The molecule has 0 aliphatic rings. The molecule has 0 aliphatic heterocycles. The molecule has 2 amide bonds. The summed E-state index contributed by atoms with van der Waals surface area (Å²) >= 11 is 0. The zero-order valence-corrected chi connectivity index (χ0v) is 17.2. The molecule has 29 heavy (non-hydrogen) atoms. The first-order valence-electron chi connectivity index (χ1n) is 10.1. The lowest BCUT2D eigenvalue weighted by Crippen LogP contribution is -2.25. The third-order valence-corrected chi connectivity index (χ3v) is 4.75. The van der Waals surface area contributed by atoms with Crippen molar-refractivity contribution < 1.29 is 9.59 Å². The van der Waals surface area contributed by atoms with Crippen molar-refractivity contribution >= 4 is 28.4 Å². The van der Waals surface area contributed by atoms with Crippen LogP contribution in [0.15, 0.2) is 54.6 Å². The van der Waals surface area contributed by atoms with Crippen molar-refractivity contribution in [3.63, 3.8) is 0 Å². The van der Waals surface area contributed by atoms with Gasteiger partial charge in [-0.2, -0.15) is 0 Å². The molecule has 0 bridgehead atoms. The zero-order chi connectivity index (χ0) is 20.8. The molecule has 3 rings (SSSR count). The highest BCUT2D eigenvalue weighted by Crippen LogP contribution is 2.26. The number of aromatic nitrogens is 1. The van der Waals surface area contributed by atoms with Gasteiger partial charge < -0.3 is 10.6 Å². The normalized spacial score (nSPS) is 10.9. The Kier molecular flexibility index (Phi) is 6.60. The zero-order valence-electron chi connectivity index (χ0n) is 17.2. The number of pyridine rings is 1. The number of benzene rings is 2. The van der Waals surface area contributed by atoms with Gasteiger partial charge in [0.25, 0.3) is 5.91 Å². The minimum absolute atomic E-state index is 0.0260. The van der Waals surface area contributed by atoms with Crippen LogP contribution in [0.3, 0.4) is 0 Å². The molecule has 5 heteroatoms. The van der Waals surface area contributed by atoms with Gasteiger partial charge in [-0.05, 0) is 36.6 Å². The van der Waals surface area contributed by atoms with E-state index < -0.39 is 0 Å².